The fourth-order valence-corrected chi connectivity index (χ4v) is 3.97. The van der Waals surface area contributed by atoms with Crippen LogP contribution in [0.3, 0.4) is 0 Å². The number of ether oxygens (including phenoxy) is 1. The summed E-state index contributed by atoms with van der Waals surface area (Å²) in [4.78, 5) is 25.7. The van der Waals surface area contributed by atoms with E-state index in [0.717, 1.165) is 38.8 Å². The average Bonchev–Trinajstić information content (AvgIpc) is 2.86. The van der Waals surface area contributed by atoms with Crippen LogP contribution in [0.15, 0.2) is 18.2 Å². The standard InChI is InChI=1S/C20H30N2O4S/c1-5-7-12-21(13-8-6-2)27-14-22(19(24)25)16-11-9-10-15-17(16)26-20(3,4)18(15)23/h9-11H,5-8,12-14H2,1-4H3,(H,24,25). The number of rotatable bonds is 10. The Morgan fingerprint density at radius 1 is 1.19 bits per heavy atom. The van der Waals surface area contributed by atoms with Gasteiger partial charge in [-0.25, -0.2) is 9.10 Å². The maximum absolute atomic E-state index is 12.5. The number of carbonyl (C=O) groups excluding carboxylic acids is 1. The monoisotopic (exact) mass is 394 g/mol. The number of Topliss-reactive ketones (excluding diaryl/α,β-unsaturated/α-hetero) is 1. The molecule has 2 rings (SSSR count). The van der Waals surface area contributed by atoms with Gasteiger partial charge < -0.3 is 9.84 Å². The van der Waals surface area contributed by atoms with Crippen LogP contribution < -0.4 is 9.64 Å². The molecule has 0 fully saturated rings. The first kappa shape index (κ1) is 21.6. The number of para-hydroxylation sites is 1. The van der Waals surface area contributed by atoms with Crippen molar-refractivity contribution in [2.24, 2.45) is 0 Å². The summed E-state index contributed by atoms with van der Waals surface area (Å²) in [6.07, 6.45) is 3.31. The molecule has 1 aromatic carbocycles. The van der Waals surface area contributed by atoms with Gasteiger partial charge in [0.1, 0.15) is 0 Å². The molecule has 1 amide bonds. The summed E-state index contributed by atoms with van der Waals surface area (Å²) in [6.45, 7) is 9.57. The molecule has 27 heavy (non-hydrogen) atoms. The molecule has 0 unspecified atom stereocenters. The number of fused-ring (bicyclic) bond motifs is 1. The maximum Gasteiger partial charge on any atom is 0.412 e. The van der Waals surface area contributed by atoms with Crippen LogP contribution >= 0.6 is 11.9 Å². The van der Waals surface area contributed by atoms with E-state index >= 15 is 0 Å². The average molecular weight is 395 g/mol. The topological polar surface area (TPSA) is 70.1 Å². The van der Waals surface area contributed by atoms with Crippen LogP contribution in [-0.4, -0.2) is 45.9 Å². The normalized spacial score (nSPS) is 14.9. The molecule has 1 aliphatic rings. The van der Waals surface area contributed by atoms with Crippen molar-refractivity contribution in [3.8, 4) is 5.75 Å². The van der Waals surface area contributed by atoms with E-state index in [1.54, 1.807) is 32.0 Å². The Morgan fingerprint density at radius 2 is 1.81 bits per heavy atom. The zero-order chi connectivity index (χ0) is 20.0. The number of nitrogens with zero attached hydrogens (tertiary/aromatic N) is 2. The maximum atomic E-state index is 12.5. The van der Waals surface area contributed by atoms with Crippen LogP contribution in [0.25, 0.3) is 0 Å². The van der Waals surface area contributed by atoms with E-state index in [9.17, 15) is 14.7 Å². The van der Waals surface area contributed by atoms with Crippen molar-refractivity contribution in [3.05, 3.63) is 23.8 Å². The summed E-state index contributed by atoms with van der Waals surface area (Å²) in [5, 5.41) is 9.77. The third-order valence-corrected chi connectivity index (χ3v) is 5.66. The van der Waals surface area contributed by atoms with Gasteiger partial charge in [-0.3, -0.25) is 9.69 Å². The number of hydrogen-bond donors (Lipinski definition) is 1. The van der Waals surface area contributed by atoms with E-state index in [2.05, 4.69) is 18.2 Å². The summed E-state index contributed by atoms with van der Waals surface area (Å²) in [7, 11) is 0. The molecule has 7 heteroatoms. The van der Waals surface area contributed by atoms with Crippen molar-refractivity contribution in [2.45, 2.75) is 59.0 Å². The number of carbonyl (C=O) groups is 2. The highest BCUT2D eigenvalue weighted by molar-refractivity contribution is 7.97. The van der Waals surface area contributed by atoms with Gasteiger partial charge in [-0.1, -0.05) is 44.7 Å². The molecule has 0 bridgehead atoms. The van der Waals surface area contributed by atoms with E-state index in [0.29, 0.717) is 17.0 Å². The Kier molecular flexibility index (Phi) is 7.56. The Labute approximate surface area is 166 Å². The van der Waals surface area contributed by atoms with Crippen molar-refractivity contribution in [3.63, 3.8) is 0 Å². The van der Waals surface area contributed by atoms with Crippen LogP contribution in [-0.2, 0) is 0 Å². The van der Waals surface area contributed by atoms with Gasteiger partial charge in [-0.15, -0.1) is 0 Å². The van der Waals surface area contributed by atoms with Gasteiger partial charge in [-0.05, 0) is 38.8 Å². The fourth-order valence-electron chi connectivity index (χ4n) is 2.93. The predicted molar refractivity (Wildman–Crippen MR) is 110 cm³/mol. The second kappa shape index (κ2) is 9.46. The first-order chi connectivity index (χ1) is 12.8. The fraction of sp³-hybridized carbons (Fsp3) is 0.600. The van der Waals surface area contributed by atoms with Crippen LogP contribution in [0.4, 0.5) is 10.5 Å². The number of ketones is 1. The Bertz CT molecular complexity index is 670. The second-order valence-electron chi connectivity index (χ2n) is 7.20. The number of amides is 1. The molecule has 1 aliphatic heterocycles. The zero-order valence-electron chi connectivity index (χ0n) is 16.7. The van der Waals surface area contributed by atoms with E-state index in [1.807, 2.05) is 0 Å². The molecule has 1 N–H and O–H groups in total. The molecule has 0 saturated heterocycles. The number of unbranched alkanes of at least 4 members (excludes halogenated alkanes) is 2. The third-order valence-electron chi connectivity index (χ3n) is 4.56. The first-order valence-electron chi connectivity index (χ1n) is 9.57. The SMILES string of the molecule is CCCCN(CCCC)SCN(C(=O)O)c1cccc2c1OC(C)(C)C2=O. The van der Waals surface area contributed by atoms with Crippen LogP contribution in [0.2, 0.25) is 0 Å². The van der Waals surface area contributed by atoms with Crippen LogP contribution in [0, 0.1) is 0 Å². The highest BCUT2D eigenvalue weighted by Gasteiger charge is 2.42. The van der Waals surface area contributed by atoms with Crippen molar-refractivity contribution >= 4 is 29.5 Å². The lowest BCUT2D eigenvalue weighted by atomic mass is 9.99. The number of anilines is 1. The number of benzene rings is 1. The first-order valence-corrected chi connectivity index (χ1v) is 10.5. The summed E-state index contributed by atoms with van der Waals surface area (Å²) in [5.74, 6) is 0.506. The highest BCUT2D eigenvalue weighted by Crippen LogP contribution is 2.42. The molecule has 1 aromatic rings. The van der Waals surface area contributed by atoms with Gasteiger partial charge in [0.05, 0.1) is 17.1 Å². The summed E-state index contributed by atoms with van der Waals surface area (Å²) < 4.78 is 8.07. The van der Waals surface area contributed by atoms with E-state index < -0.39 is 11.7 Å². The second-order valence-corrected chi connectivity index (χ2v) is 8.23. The largest absolute Gasteiger partial charge is 0.477 e. The minimum atomic E-state index is -1.05. The molecule has 6 nitrogen and oxygen atoms in total. The van der Waals surface area contributed by atoms with E-state index in [4.69, 9.17) is 4.74 Å². The third kappa shape index (κ3) is 5.17. The summed E-state index contributed by atoms with van der Waals surface area (Å²) in [6, 6.07) is 5.10. The van der Waals surface area contributed by atoms with Gasteiger partial charge in [0.15, 0.2) is 11.4 Å². The molecule has 0 aliphatic carbocycles. The Morgan fingerprint density at radius 3 is 2.37 bits per heavy atom. The molecule has 0 aromatic heterocycles. The molecule has 1 heterocycles. The van der Waals surface area contributed by atoms with Gasteiger partial charge in [-0.2, -0.15) is 0 Å². The summed E-state index contributed by atoms with van der Waals surface area (Å²) >= 11 is 1.52. The van der Waals surface area contributed by atoms with Crippen molar-refractivity contribution in [1.29, 1.82) is 0 Å². The molecule has 0 radical (unpaired) electrons. The lowest BCUT2D eigenvalue weighted by molar-refractivity contribution is 0.0685. The lowest BCUT2D eigenvalue weighted by Crippen LogP contribution is -2.33. The van der Waals surface area contributed by atoms with Gasteiger partial charge in [0.2, 0.25) is 5.78 Å². The number of carboxylic acid groups (broad SMARTS) is 1. The van der Waals surface area contributed by atoms with Crippen molar-refractivity contribution < 1.29 is 19.4 Å². The minimum Gasteiger partial charge on any atom is -0.477 e. The van der Waals surface area contributed by atoms with Crippen molar-refractivity contribution in [1.82, 2.24) is 4.31 Å². The molecular formula is C20H30N2O4S. The van der Waals surface area contributed by atoms with E-state index in [1.165, 1.54) is 16.8 Å². The Balaban J connectivity index is 2.19. The molecule has 0 saturated carbocycles. The molecular weight excluding hydrogens is 364 g/mol. The molecule has 0 atom stereocenters. The van der Waals surface area contributed by atoms with Gasteiger partial charge >= 0.3 is 6.09 Å². The summed E-state index contributed by atoms with van der Waals surface area (Å²) in [5.41, 5.74) is -0.0933. The highest BCUT2D eigenvalue weighted by atomic mass is 32.2. The predicted octanol–water partition coefficient (Wildman–Crippen LogP) is 5.03. The lowest BCUT2D eigenvalue weighted by Gasteiger charge is -2.26. The van der Waals surface area contributed by atoms with Crippen LogP contribution in [0.1, 0.15) is 63.7 Å². The molecule has 150 valence electrons. The Hall–Kier alpha value is -1.73. The van der Waals surface area contributed by atoms with Crippen molar-refractivity contribution in [2.75, 3.05) is 23.9 Å². The minimum absolute atomic E-state index is 0.121. The van der Waals surface area contributed by atoms with Gasteiger partial charge in [0, 0.05) is 13.1 Å². The quantitative estimate of drug-likeness (QED) is 0.443. The smallest absolute Gasteiger partial charge is 0.412 e. The van der Waals surface area contributed by atoms with E-state index in [-0.39, 0.29) is 11.7 Å². The zero-order valence-corrected chi connectivity index (χ0v) is 17.5. The van der Waals surface area contributed by atoms with Gasteiger partial charge in [0.25, 0.3) is 0 Å². The number of hydrogen-bond acceptors (Lipinski definition) is 5. The molecule has 0 spiro atoms. The van der Waals surface area contributed by atoms with Crippen LogP contribution in [0.5, 0.6) is 5.75 Å².